The molecule has 2 fully saturated rings. The van der Waals surface area contributed by atoms with Gasteiger partial charge >= 0.3 is 0 Å². The van der Waals surface area contributed by atoms with Gasteiger partial charge in [-0.1, -0.05) is 0 Å². The molecule has 1 aromatic rings. The van der Waals surface area contributed by atoms with Gasteiger partial charge in [0.1, 0.15) is 0 Å². The summed E-state index contributed by atoms with van der Waals surface area (Å²) in [6.07, 6.45) is 4.35. The molecule has 2 aliphatic rings. The van der Waals surface area contributed by atoms with Crippen molar-refractivity contribution in [2.75, 3.05) is 42.3 Å². The molecule has 0 radical (unpaired) electrons. The Balaban J connectivity index is 1.78. The van der Waals surface area contributed by atoms with Gasteiger partial charge in [-0.3, -0.25) is 9.59 Å². The van der Waals surface area contributed by atoms with Gasteiger partial charge in [0.25, 0.3) is 5.91 Å². The zero-order valence-electron chi connectivity index (χ0n) is 16.7. The Hall–Kier alpha value is -1.79. The van der Waals surface area contributed by atoms with Crippen LogP contribution in [0.15, 0.2) is 18.2 Å². The summed E-state index contributed by atoms with van der Waals surface area (Å²) >= 11 is 5.91. The van der Waals surface area contributed by atoms with Crippen molar-refractivity contribution in [3.63, 3.8) is 0 Å². The maximum atomic E-state index is 12.9. The molecule has 1 aromatic carbocycles. The number of amides is 2. The molecular weight excluding hydrogens is 378 g/mol. The summed E-state index contributed by atoms with van der Waals surface area (Å²) in [7, 11) is 0. The second kappa shape index (κ2) is 9.14. The number of hydrogen-bond acceptors (Lipinski definition) is 4. The number of halogens is 1. The summed E-state index contributed by atoms with van der Waals surface area (Å²) in [4.78, 5) is 27.6. The van der Waals surface area contributed by atoms with Crippen LogP contribution < -0.4 is 15.5 Å². The lowest BCUT2D eigenvalue weighted by molar-refractivity contribution is -0.122. The molecule has 0 saturated carbocycles. The van der Waals surface area contributed by atoms with Crippen LogP contribution in [0.1, 0.15) is 49.9 Å². The van der Waals surface area contributed by atoms with E-state index in [0.717, 1.165) is 51.1 Å². The monoisotopic (exact) mass is 407 g/mol. The number of carbonyl (C=O) groups is 2. The zero-order valence-corrected chi connectivity index (χ0v) is 17.5. The van der Waals surface area contributed by atoms with Crippen molar-refractivity contribution in [1.82, 2.24) is 5.32 Å². The minimum absolute atomic E-state index is 0.0894. The van der Waals surface area contributed by atoms with Crippen molar-refractivity contribution in [3.05, 3.63) is 23.8 Å². The Morgan fingerprint density at radius 3 is 2.64 bits per heavy atom. The van der Waals surface area contributed by atoms with Crippen molar-refractivity contribution in [2.24, 2.45) is 5.41 Å². The van der Waals surface area contributed by atoms with E-state index in [1.54, 1.807) is 19.9 Å². The number of hydrogen-bond donors (Lipinski definition) is 2. The molecule has 0 bridgehead atoms. The number of benzene rings is 1. The Kier molecular flexibility index (Phi) is 6.83. The van der Waals surface area contributed by atoms with E-state index in [4.69, 9.17) is 16.3 Å². The average molecular weight is 408 g/mol. The van der Waals surface area contributed by atoms with Gasteiger partial charge in [-0.15, -0.1) is 11.6 Å². The smallest absolute Gasteiger partial charge is 0.253 e. The van der Waals surface area contributed by atoms with Crippen LogP contribution >= 0.6 is 11.6 Å². The molecule has 6 nitrogen and oxygen atoms in total. The maximum Gasteiger partial charge on any atom is 0.253 e. The van der Waals surface area contributed by atoms with Crippen LogP contribution in [0.3, 0.4) is 0 Å². The highest BCUT2D eigenvalue weighted by Crippen LogP contribution is 2.29. The van der Waals surface area contributed by atoms with E-state index >= 15 is 0 Å². The fourth-order valence-corrected chi connectivity index (χ4v) is 3.62. The minimum atomic E-state index is -0.683. The predicted octanol–water partition coefficient (Wildman–Crippen LogP) is 3.40. The summed E-state index contributed by atoms with van der Waals surface area (Å²) in [5, 5.41) is 5.90. The van der Waals surface area contributed by atoms with E-state index in [9.17, 15) is 9.59 Å². The largest absolute Gasteiger partial charge is 0.376 e. The van der Waals surface area contributed by atoms with Crippen LogP contribution in [-0.2, 0) is 9.53 Å². The highest BCUT2D eigenvalue weighted by atomic mass is 35.5. The van der Waals surface area contributed by atoms with Crippen molar-refractivity contribution >= 4 is 34.8 Å². The quantitative estimate of drug-likeness (QED) is 0.679. The van der Waals surface area contributed by atoms with Gasteiger partial charge in [0.05, 0.1) is 17.1 Å². The second-order valence-corrected chi connectivity index (χ2v) is 8.51. The van der Waals surface area contributed by atoms with Crippen LogP contribution in [0.5, 0.6) is 0 Å². The van der Waals surface area contributed by atoms with E-state index in [0.29, 0.717) is 17.8 Å². The van der Waals surface area contributed by atoms with E-state index in [-0.39, 0.29) is 23.8 Å². The van der Waals surface area contributed by atoms with Crippen LogP contribution in [-0.4, -0.2) is 50.0 Å². The van der Waals surface area contributed by atoms with Crippen molar-refractivity contribution < 1.29 is 14.3 Å². The SMILES string of the molecule is CC(C)(CCl)C(=O)Nc1ccc(N2CCCC2)c(C(=O)NC[C@H]2CCCO2)c1. The highest BCUT2D eigenvalue weighted by Gasteiger charge is 2.27. The molecule has 2 aliphatic heterocycles. The van der Waals surface area contributed by atoms with Gasteiger partial charge in [-0.2, -0.15) is 0 Å². The molecule has 154 valence electrons. The minimum Gasteiger partial charge on any atom is -0.376 e. The molecule has 2 N–H and O–H groups in total. The van der Waals surface area contributed by atoms with Crippen molar-refractivity contribution in [1.29, 1.82) is 0 Å². The third kappa shape index (κ3) is 4.97. The van der Waals surface area contributed by atoms with Crippen LogP contribution in [0, 0.1) is 5.41 Å². The molecule has 0 aromatic heterocycles. The van der Waals surface area contributed by atoms with Gasteiger partial charge in [0.15, 0.2) is 0 Å². The Bertz CT molecular complexity index is 711. The average Bonchev–Trinajstić information content (AvgIpc) is 3.40. The predicted molar refractivity (Wildman–Crippen MR) is 112 cm³/mol. The lowest BCUT2D eigenvalue weighted by atomic mass is 9.95. The molecule has 2 amide bonds. The first-order valence-corrected chi connectivity index (χ1v) is 10.6. The Labute approximate surface area is 171 Å². The number of nitrogens with one attached hydrogen (secondary N) is 2. The molecular formula is C21H30ClN3O3. The molecule has 1 atom stereocenters. The summed E-state index contributed by atoms with van der Waals surface area (Å²) < 4.78 is 5.60. The third-order valence-corrected chi connectivity index (χ3v) is 6.08. The van der Waals surface area contributed by atoms with Crippen LogP contribution in [0.2, 0.25) is 0 Å². The first-order valence-electron chi connectivity index (χ1n) is 10.1. The zero-order chi connectivity index (χ0) is 20.1. The Morgan fingerprint density at radius 1 is 1.25 bits per heavy atom. The molecule has 28 heavy (non-hydrogen) atoms. The van der Waals surface area contributed by atoms with Crippen molar-refractivity contribution in [2.45, 2.75) is 45.6 Å². The van der Waals surface area contributed by atoms with Crippen LogP contribution in [0.25, 0.3) is 0 Å². The number of alkyl halides is 1. The summed E-state index contributed by atoms with van der Waals surface area (Å²) in [6.45, 7) is 6.74. The van der Waals surface area contributed by atoms with Gasteiger partial charge in [-0.05, 0) is 57.7 Å². The lowest BCUT2D eigenvalue weighted by Gasteiger charge is -2.24. The maximum absolute atomic E-state index is 12.9. The number of anilines is 2. The summed E-state index contributed by atoms with van der Waals surface area (Å²) in [5.74, 6) is -0.0772. The molecule has 0 unspecified atom stereocenters. The number of ether oxygens (including phenoxy) is 1. The van der Waals surface area contributed by atoms with E-state index in [2.05, 4.69) is 15.5 Å². The van der Waals surface area contributed by atoms with Crippen LogP contribution in [0.4, 0.5) is 11.4 Å². The van der Waals surface area contributed by atoms with E-state index < -0.39 is 5.41 Å². The first kappa shape index (κ1) is 20.9. The van der Waals surface area contributed by atoms with Crippen molar-refractivity contribution in [3.8, 4) is 0 Å². The van der Waals surface area contributed by atoms with Gasteiger partial charge in [-0.25, -0.2) is 0 Å². The second-order valence-electron chi connectivity index (χ2n) is 8.24. The van der Waals surface area contributed by atoms with Gasteiger partial charge < -0.3 is 20.3 Å². The summed E-state index contributed by atoms with van der Waals surface area (Å²) in [5.41, 5.74) is 1.42. The Morgan fingerprint density at radius 2 is 2.00 bits per heavy atom. The lowest BCUT2D eigenvalue weighted by Crippen LogP contribution is -2.34. The molecule has 7 heteroatoms. The topological polar surface area (TPSA) is 70.7 Å². The normalized spacial score (nSPS) is 19.7. The fraction of sp³-hybridized carbons (Fsp3) is 0.619. The third-order valence-electron chi connectivity index (χ3n) is 5.41. The standard InChI is InChI=1S/C21H30ClN3O3/c1-21(2,14-22)20(27)24-15-7-8-18(25-9-3-4-10-25)17(12-15)19(26)23-13-16-6-5-11-28-16/h7-8,12,16H,3-6,9-11,13-14H2,1-2H3,(H,23,26)(H,24,27)/t16-/m1/s1. The molecule has 2 heterocycles. The summed E-state index contributed by atoms with van der Waals surface area (Å²) in [6, 6.07) is 5.54. The number of carbonyl (C=O) groups excluding carboxylic acids is 2. The molecule has 0 aliphatic carbocycles. The van der Waals surface area contributed by atoms with Gasteiger partial charge in [0, 0.05) is 43.5 Å². The first-order chi connectivity index (χ1) is 13.4. The highest BCUT2D eigenvalue weighted by molar-refractivity contribution is 6.20. The van der Waals surface area contributed by atoms with E-state index in [1.807, 2.05) is 12.1 Å². The number of nitrogens with zero attached hydrogens (tertiary/aromatic N) is 1. The van der Waals surface area contributed by atoms with E-state index in [1.165, 1.54) is 0 Å². The fourth-order valence-electron chi connectivity index (χ4n) is 3.50. The van der Waals surface area contributed by atoms with Gasteiger partial charge in [0.2, 0.25) is 5.91 Å². The molecule has 2 saturated heterocycles. The molecule has 3 rings (SSSR count). The number of rotatable bonds is 7. The molecule has 0 spiro atoms.